The Morgan fingerprint density at radius 3 is 2.00 bits per heavy atom. The summed E-state index contributed by atoms with van der Waals surface area (Å²) >= 11 is 0. The van der Waals surface area contributed by atoms with E-state index in [2.05, 4.69) is 4.74 Å². The predicted octanol–water partition coefficient (Wildman–Crippen LogP) is 0.502. The second kappa shape index (κ2) is 7.21. The lowest BCUT2D eigenvalue weighted by atomic mass is 9.85. The monoisotopic (exact) mass is 310 g/mol. The maximum Gasteiger partial charge on any atom is 0.338 e. The van der Waals surface area contributed by atoms with E-state index in [1.807, 2.05) is 0 Å². The summed E-state index contributed by atoms with van der Waals surface area (Å²) < 4.78 is 4.56. The Balaban J connectivity index is 3.22. The van der Waals surface area contributed by atoms with Crippen molar-refractivity contribution < 1.29 is 39.2 Å². The van der Waals surface area contributed by atoms with Crippen molar-refractivity contribution in [2.24, 2.45) is 11.8 Å². The molecule has 0 bridgehead atoms. The molecule has 8 nitrogen and oxygen atoms in total. The van der Waals surface area contributed by atoms with E-state index in [4.69, 9.17) is 15.3 Å². The number of carbonyl (C=O) groups excluding carboxylic acids is 1. The highest BCUT2D eigenvalue weighted by Gasteiger charge is 2.40. The number of aliphatic carboxylic acids is 3. The van der Waals surface area contributed by atoms with Gasteiger partial charge in [-0.3, -0.25) is 14.4 Å². The van der Waals surface area contributed by atoms with Gasteiger partial charge in [0.2, 0.25) is 0 Å². The van der Waals surface area contributed by atoms with Gasteiger partial charge in [-0.05, 0) is 18.1 Å². The summed E-state index contributed by atoms with van der Waals surface area (Å²) in [4.78, 5) is 44.9. The van der Waals surface area contributed by atoms with E-state index in [-0.39, 0.29) is 11.1 Å². The summed E-state index contributed by atoms with van der Waals surface area (Å²) in [5.41, 5.74) is 0.264. The molecule has 0 radical (unpaired) electrons. The van der Waals surface area contributed by atoms with Crippen LogP contribution in [0.2, 0.25) is 0 Å². The Morgan fingerprint density at radius 1 is 1.00 bits per heavy atom. The number of hydrogen-bond donors (Lipinski definition) is 3. The molecule has 22 heavy (non-hydrogen) atoms. The highest BCUT2D eigenvalue weighted by atomic mass is 16.5. The molecule has 1 aromatic carbocycles. The zero-order valence-electron chi connectivity index (χ0n) is 11.6. The lowest BCUT2D eigenvalue weighted by molar-refractivity contribution is -0.164. The van der Waals surface area contributed by atoms with Gasteiger partial charge in [-0.25, -0.2) is 4.79 Å². The van der Waals surface area contributed by atoms with Gasteiger partial charge in [0.05, 0.1) is 18.6 Å². The van der Waals surface area contributed by atoms with Gasteiger partial charge in [0.25, 0.3) is 0 Å². The van der Waals surface area contributed by atoms with Gasteiger partial charge in [0.1, 0.15) is 0 Å². The number of carboxylic acid groups (broad SMARTS) is 3. The van der Waals surface area contributed by atoms with Crippen molar-refractivity contribution in [1.82, 2.24) is 0 Å². The smallest absolute Gasteiger partial charge is 0.338 e. The molecule has 0 saturated carbocycles. The van der Waals surface area contributed by atoms with Gasteiger partial charge in [0.15, 0.2) is 5.92 Å². The van der Waals surface area contributed by atoms with Gasteiger partial charge in [0, 0.05) is 0 Å². The molecule has 0 amide bonds. The standard InChI is InChI=1S/C14H14O8/c1-22-14(21)8-5-3-2-4-7(8)6-9(11(15)16)10(12(17)18)13(19)20/h2-5,9-10H,6H2,1H3,(H,15,16)(H,17,18)(H,19,20). The Kier molecular flexibility index (Phi) is 5.62. The first-order valence-corrected chi connectivity index (χ1v) is 6.14. The van der Waals surface area contributed by atoms with Gasteiger partial charge >= 0.3 is 23.9 Å². The summed E-state index contributed by atoms with van der Waals surface area (Å²) in [6.07, 6.45) is -0.427. The van der Waals surface area contributed by atoms with Crippen molar-refractivity contribution >= 4 is 23.9 Å². The molecule has 0 fully saturated rings. The van der Waals surface area contributed by atoms with Crippen molar-refractivity contribution in [3.05, 3.63) is 35.4 Å². The molecular weight excluding hydrogens is 296 g/mol. The number of carbonyl (C=O) groups is 4. The van der Waals surface area contributed by atoms with Crippen LogP contribution < -0.4 is 0 Å². The lowest BCUT2D eigenvalue weighted by Crippen LogP contribution is -2.37. The molecule has 0 aliphatic carbocycles. The molecule has 1 unspecified atom stereocenters. The molecule has 0 saturated heterocycles. The molecule has 0 aromatic heterocycles. The maximum atomic E-state index is 11.6. The van der Waals surface area contributed by atoms with E-state index in [0.717, 1.165) is 7.11 Å². The molecule has 0 aliphatic heterocycles. The number of ether oxygens (including phenoxy) is 1. The first-order valence-electron chi connectivity index (χ1n) is 6.14. The summed E-state index contributed by atoms with van der Waals surface area (Å²) in [6, 6.07) is 5.86. The molecular formula is C14H14O8. The Bertz CT molecular complexity index is 593. The Hall–Kier alpha value is -2.90. The van der Waals surface area contributed by atoms with Crippen LogP contribution in [0.3, 0.4) is 0 Å². The average molecular weight is 310 g/mol. The van der Waals surface area contributed by atoms with Crippen LogP contribution in [0.15, 0.2) is 24.3 Å². The number of rotatable bonds is 7. The Morgan fingerprint density at radius 2 is 1.55 bits per heavy atom. The summed E-state index contributed by atoms with van der Waals surface area (Å²) in [5, 5.41) is 27.0. The fourth-order valence-corrected chi connectivity index (χ4v) is 2.04. The van der Waals surface area contributed by atoms with Crippen LogP contribution in [-0.2, 0) is 25.5 Å². The summed E-state index contributed by atoms with van der Waals surface area (Å²) in [7, 11) is 1.14. The highest BCUT2D eigenvalue weighted by Crippen LogP contribution is 2.22. The average Bonchev–Trinajstić information content (AvgIpc) is 2.45. The van der Waals surface area contributed by atoms with Crippen LogP contribution in [0.25, 0.3) is 0 Å². The van der Waals surface area contributed by atoms with Gasteiger partial charge in [-0.2, -0.15) is 0 Å². The number of methoxy groups -OCH3 is 1. The van der Waals surface area contributed by atoms with Crippen molar-refractivity contribution in [2.75, 3.05) is 7.11 Å². The minimum Gasteiger partial charge on any atom is -0.481 e. The van der Waals surface area contributed by atoms with Crippen LogP contribution in [0, 0.1) is 11.8 Å². The molecule has 1 atom stereocenters. The SMILES string of the molecule is COC(=O)c1ccccc1CC(C(=O)O)C(C(=O)O)C(=O)O. The zero-order valence-corrected chi connectivity index (χ0v) is 11.6. The molecule has 0 spiro atoms. The van der Waals surface area contributed by atoms with Crippen molar-refractivity contribution in [1.29, 1.82) is 0 Å². The van der Waals surface area contributed by atoms with Crippen LogP contribution in [0.5, 0.6) is 0 Å². The third kappa shape index (κ3) is 3.81. The number of esters is 1. The van der Waals surface area contributed by atoms with E-state index in [1.54, 1.807) is 0 Å². The van der Waals surface area contributed by atoms with E-state index in [9.17, 15) is 19.2 Å². The van der Waals surface area contributed by atoms with Crippen LogP contribution in [0.1, 0.15) is 15.9 Å². The lowest BCUT2D eigenvalue weighted by Gasteiger charge is -2.18. The predicted molar refractivity (Wildman–Crippen MR) is 71.4 cm³/mol. The molecule has 0 heterocycles. The molecule has 3 N–H and O–H groups in total. The van der Waals surface area contributed by atoms with Gasteiger partial charge < -0.3 is 20.1 Å². The van der Waals surface area contributed by atoms with Crippen molar-refractivity contribution in [3.63, 3.8) is 0 Å². The third-order valence-electron chi connectivity index (χ3n) is 3.11. The van der Waals surface area contributed by atoms with Crippen molar-refractivity contribution in [3.8, 4) is 0 Å². The highest BCUT2D eigenvalue weighted by molar-refractivity contribution is 5.97. The minimum absolute atomic E-state index is 0.0609. The Labute approximate surface area is 124 Å². The van der Waals surface area contributed by atoms with Crippen LogP contribution >= 0.6 is 0 Å². The second-order valence-electron chi connectivity index (χ2n) is 4.45. The number of benzene rings is 1. The summed E-state index contributed by atoms with van der Waals surface area (Å²) in [6.45, 7) is 0. The molecule has 0 aliphatic rings. The largest absolute Gasteiger partial charge is 0.481 e. The fourth-order valence-electron chi connectivity index (χ4n) is 2.04. The molecule has 1 rings (SSSR count). The fraction of sp³-hybridized carbons (Fsp3) is 0.286. The minimum atomic E-state index is -2.12. The van der Waals surface area contributed by atoms with E-state index in [0.29, 0.717) is 0 Å². The third-order valence-corrected chi connectivity index (χ3v) is 3.11. The number of hydrogen-bond acceptors (Lipinski definition) is 5. The molecule has 8 heteroatoms. The van der Waals surface area contributed by atoms with E-state index < -0.39 is 42.1 Å². The van der Waals surface area contributed by atoms with Crippen molar-refractivity contribution in [2.45, 2.75) is 6.42 Å². The number of carboxylic acids is 3. The van der Waals surface area contributed by atoms with Gasteiger partial charge in [-0.15, -0.1) is 0 Å². The molecule has 1 aromatic rings. The van der Waals surface area contributed by atoms with E-state index >= 15 is 0 Å². The maximum absolute atomic E-state index is 11.6. The van der Waals surface area contributed by atoms with Crippen LogP contribution in [0.4, 0.5) is 0 Å². The first-order chi connectivity index (χ1) is 10.3. The normalized spacial score (nSPS) is 11.7. The van der Waals surface area contributed by atoms with Gasteiger partial charge in [-0.1, -0.05) is 18.2 Å². The second-order valence-corrected chi connectivity index (χ2v) is 4.45. The quantitative estimate of drug-likeness (QED) is 0.489. The van der Waals surface area contributed by atoms with Crippen LogP contribution in [-0.4, -0.2) is 46.3 Å². The topological polar surface area (TPSA) is 138 Å². The first kappa shape index (κ1) is 17.2. The zero-order chi connectivity index (χ0) is 16.9. The molecule has 118 valence electrons. The van der Waals surface area contributed by atoms with E-state index in [1.165, 1.54) is 24.3 Å². The summed E-state index contributed by atoms with van der Waals surface area (Å²) in [5.74, 6) is -9.65.